The molecular formula is C3H4F2S. The van der Waals surface area contributed by atoms with Crippen LogP contribution in [0.2, 0.25) is 0 Å². The van der Waals surface area contributed by atoms with Crippen molar-refractivity contribution < 1.29 is 8.78 Å². The molecule has 0 unspecified atom stereocenters. The Morgan fingerprint density at radius 2 is 1.67 bits per heavy atom. The first-order valence-electron chi connectivity index (χ1n) is 1.35. The van der Waals surface area contributed by atoms with Crippen LogP contribution in [0.15, 0.2) is 11.0 Å². The van der Waals surface area contributed by atoms with Crippen molar-refractivity contribution in [3.8, 4) is 0 Å². The van der Waals surface area contributed by atoms with Crippen LogP contribution in [0.25, 0.3) is 0 Å². The van der Waals surface area contributed by atoms with E-state index in [0.29, 0.717) is 0 Å². The minimum absolute atomic E-state index is 0.213. The molecule has 0 saturated carbocycles. The molecule has 0 aromatic rings. The Morgan fingerprint density at radius 1 is 1.50 bits per heavy atom. The van der Waals surface area contributed by atoms with Crippen LogP contribution in [-0.4, -0.2) is 0 Å². The zero-order chi connectivity index (χ0) is 5.15. The summed E-state index contributed by atoms with van der Waals surface area (Å²) >= 11 is 3.32. The predicted molar refractivity (Wildman–Crippen MR) is 23.9 cm³/mol. The van der Waals surface area contributed by atoms with Crippen molar-refractivity contribution in [2.24, 2.45) is 0 Å². The molecule has 0 aliphatic carbocycles. The number of rotatable bonds is 0. The minimum atomic E-state index is -1.71. The normalized spacial score (nSPS) is 8.00. The highest BCUT2D eigenvalue weighted by Crippen LogP contribution is 2.08. The second-order valence-electron chi connectivity index (χ2n) is 0.846. The fourth-order valence-corrected chi connectivity index (χ4v) is 0. The number of hydrogen-bond acceptors (Lipinski definition) is 1. The van der Waals surface area contributed by atoms with E-state index in [2.05, 4.69) is 12.6 Å². The molecule has 0 spiro atoms. The first kappa shape index (κ1) is 5.95. The van der Waals surface area contributed by atoms with Gasteiger partial charge in [-0.25, -0.2) is 0 Å². The SMILES string of the molecule is CC(S)=C(F)F. The highest BCUT2D eigenvalue weighted by Gasteiger charge is 1.88. The molecule has 0 fully saturated rings. The quantitative estimate of drug-likeness (QED) is 0.453. The highest BCUT2D eigenvalue weighted by atomic mass is 32.1. The Balaban J connectivity index is 3.68. The van der Waals surface area contributed by atoms with Gasteiger partial charge in [-0.15, -0.1) is 12.6 Å². The maximum atomic E-state index is 11.0. The van der Waals surface area contributed by atoms with Crippen LogP contribution in [0.3, 0.4) is 0 Å². The lowest BCUT2D eigenvalue weighted by Crippen LogP contribution is -1.57. The van der Waals surface area contributed by atoms with E-state index in [1.165, 1.54) is 6.92 Å². The Labute approximate surface area is 40.3 Å². The topological polar surface area (TPSA) is 0 Å². The summed E-state index contributed by atoms with van der Waals surface area (Å²) < 4.78 is 21.9. The molecule has 0 aliphatic heterocycles. The molecule has 0 heterocycles. The summed E-state index contributed by atoms with van der Waals surface area (Å²) in [7, 11) is 0. The van der Waals surface area contributed by atoms with E-state index in [-0.39, 0.29) is 4.91 Å². The lowest BCUT2D eigenvalue weighted by Gasteiger charge is -1.77. The van der Waals surface area contributed by atoms with E-state index in [9.17, 15) is 8.78 Å². The van der Waals surface area contributed by atoms with Gasteiger partial charge in [0.2, 0.25) is 0 Å². The van der Waals surface area contributed by atoms with Gasteiger partial charge in [0.25, 0.3) is 6.08 Å². The van der Waals surface area contributed by atoms with Crippen molar-refractivity contribution in [2.75, 3.05) is 0 Å². The Morgan fingerprint density at radius 3 is 1.67 bits per heavy atom. The molecular weight excluding hydrogens is 106 g/mol. The summed E-state index contributed by atoms with van der Waals surface area (Å²) in [4.78, 5) is -0.213. The lowest BCUT2D eigenvalue weighted by molar-refractivity contribution is 0.418. The minimum Gasteiger partial charge on any atom is -0.173 e. The highest BCUT2D eigenvalue weighted by molar-refractivity contribution is 7.84. The first-order valence-corrected chi connectivity index (χ1v) is 1.80. The van der Waals surface area contributed by atoms with Gasteiger partial charge in [-0.2, -0.15) is 8.78 Å². The van der Waals surface area contributed by atoms with Gasteiger partial charge in [0.05, 0.1) is 0 Å². The van der Waals surface area contributed by atoms with E-state index in [0.717, 1.165) is 0 Å². The second-order valence-corrected chi connectivity index (χ2v) is 1.52. The number of hydrogen-bond donors (Lipinski definition) is 1. The van der Waals surface area contributed by atoms with E-state index in [4.69, 9.17) is 0 Å². The van der Waals surface area contributed by atoms with Gasteiger partial charge in [0.15, 0.2) is 0 Å². The summed E-state index contributed by atoms with van der Waals surface area (Å²) in [6.07, 6.45) is -1.71. The Hall–Kier alpha value is -0.0500. The van der Waals surface area contributed by atoms with Crippen LogP contribution in [-0.2, 0) is 0 Å². The number of thiol groups is 1. The van der Waals surface area contributed by atoms with Crippen molar-refractivity contribution in [2.45, 2.75) is 6.92 Å². The second kappa shape index (κ2) is 2.18. The van der Waals surface area contributed by atoms with E-state index in [1.54, 1.807) is 0 Å². The molecule has 0 radical (unpaired) electrons. The average Bonchev–Trinajstić information content (AvgIpc) is 1.36. The van der Waals surface area contributed by atoms with Gasteiger partial charge in [-0.3, -0.25) is 0 Å². The fraction of sp³-hybridized carbons (Fsp3) is 0.333. The zero-order valence-corrected chi connectivity index (χ0v) is 4.10. The van der Waals surface area contributed by atoms with E-state index < -0.39 is 6.08 Å². The van der Waals surface area contributed by atoms with Crippen LogP contribution in [0.5, 0.6) is 0 Å². The molecule has 0 aliphatic rings. The third-order valence-electron chi connectivity index (χ3n) is 0.273. The zero-order valence-electron chi connectivity index (χ0n) is 3.20. The van der Waals surface area contributed by atoms with Gasteiger partial charge in [0.1, 0.15) is 0 Å². The monoisotopic (exact) mass is 110 g/mol. The molecule has 0 saturated heterocycles. The summed E-state index contributed by atoms with van der Waals surface area (Å²) in [5, 5.41) is 0. The van der Waals surface area contributed by atoms with Gasteiger partial charge >= 0.3 is 0 Å². The predicted octanol–water partition coefficient (Wildman–Crippen LogP) is 2.04. The third kappa shape index (κ3) is 2.20. The number of allylic oxidation sites excluding steroid dienone is 1. The van der Waals surface area contributed by atoms with Gasteiger partial charge in [-0.1, -0.05) is 0 Å². The Bertz CT molecular complexity index is 58.9. The first-order chi connectivity index (χ1) is 2.64. The summed E-state index contributed by atoms with van der Waals surface area (Å²) in [5.74, 6) is 0. The van der Waals surface area contributed by atoms with Crippen molar-refractivity contribution >= 4 is 12.6 Å². The smallest absolute Gasteiger partial charge is 0.173 e. The maximum Gasteiger partial charge on any atom is 0.279 e. The molecule has 0 aromatic carbocycles. The van der Waals surface area contributed by atoms with Gasteiger partial charge < -0.3 is 0 Å². The molecule has 6 heavy (non-hydrogen) atoms. The average molecular weight is 110 g/mol. The van der Waals surface area contributed by atoms with Crippen molar-refractivity contribution in [1.29, 1.82) is 0 Å². The van der Waals surface area contributed by atoms with Gasteiger partial charge in [0, 0.05) is 4.91 Å². The van der Waals surface area contributed by atoms with Crippen LogP contribution < -0.4 is 0 Å². The maximum absolute atomic E-state index is 11.0. The molecule has 0 bridgehead atoms. The lowest BCUT2D eigenvalue weighted by atomic mass is 10.7. The standard InChI is InChI=1S/C3H4F2S/c1-2(6)3(4)5/h6H,1H3. The van der Waals surface area contributed by atoms with Crippen LogP contribution in [0, 0.1) is 0 Å². The molecule has 0 N–H and O–H groups in total. The van der Waals surface area contributed by atoms with Crippen LogP contribution in [0.4, 0.5) is 8.78 Å². The van der Waals surface area contributed by atoms with Crippen molar-refractivity contribution in [3.63, 3.8) is 0 Å². The molecule has 0 amide bonds. The molecule has 0 nitrogen and oxygen atoms in total. The number of halogens is 2. The van der Waals surface area contributed by atoms with Crippen molar-refractivity contribution in [3.05, 3.63) is 11.0 Å². The largest absolute Gasteiger partial charge is 0.279 e. The molecule has 36 valence electrons. The fourth-order valence-electron chi connectivity index (χ4n) is 0. The molecule has 0 atom stereocenters. The van der Waals surface area contributed by atoms with E-state index >= 15 is 0 Å². The van der Waals surface area contributed by atoms with E-state index in [1.807, 2.05) is 0 Å². The summed E-state index contributed by atoms with van der Waals surface area (Å²) in [6, 6.07) is 0. The third-order valence-corrected chi connectivity index (χ3v) is 0.443. The van der Waals surface area contributed by atoms with Crippen molar-refractivity contribution in [1.82, 2.24) is 0 Å². The van der Waals surface area contributed by atoms with Crippen LogP contribution >= 0.6 is 12.6 Å². The molecule has 0 aromatic heterocycles. The summed E-state index contributed by atoms with van der Waals surface area (Å²) in [6.45, 7) is 1.23. The molecule has 0 rings (SSSR count). The summed E-state index contributed by atoms with van der Waals surface area (Å²) in [5.41, 5.74) is 0. The Kier molecular flexibility index (Phi) is 2.16. The van der Waals surface area contributed by atoms with Gasteiger partial charge in [-0.05, 0) is 6.92 Å². The van der Waals surface area contributed by atoms with Crippen LogP contribution in [0.1, 0.15) is 6.92 Å². The molecule has 3 heteroatoms.